The van der Waals surface area contributed by atoms with Gasteiger partial charge in [-0.3, -0.25) is 9.59 Å². The summed E-state index contributed by atoms with van der Waals surface area (Å²) in [7, 11) is 0. The lowest BCUT2D eigenvalue weighted by atomic mass is 9.42. The van der Waals surface area contributed by atoms with E-state index in [1.165, 1.54) is 6.42 Å². The smallest absolute Gasteiger partial charge is 0.303 e. The number of aliphatic carboxylic acids is 1. The minimum Gasteiger partial charge on any atom is -0.481 e. The number of rotatable bonds is 5. The summed E-state index contributed by atoms with van der Waals surface area (Å²) in [6.45, 7) is 9.28. The van der Waals surface area contributed by atoms with Crippen molar-refractivity contribution in [1.29, 1.82) is 0 Å². The van der Waals surface area contributed by atoms with Crippen LogP contribution in [0, 0.1) is 52.3 Å². The molecule has 0 aliphatic heterocycles. The van der Waals surface area contributed by atoms with Crippen molar-refractivity contribution >= 4 is 11.8 Å². The highest BCUT2D eigenvalue weighted by atomic mass is 16.4. The minimum absolute atomic E-state index is 0.108. The van der Waals surface area contributed by atoms with Crippen LogP contribution in [0.15, 0.2) is 0 Å². The van der Waals surface area contributed by atoms with Crippen LogP contribution in [0.25, 0.3) is 0 Å². The van der Waals surface area contributed by atoms with Gasteiger partial charge in [0.05, 0.1) is 6.10 Å². The molecule has 170 valence electrons. The van der Waals surface area contributed by atoms with Crippen LogP contribution in [0.3, 0.4) is 0 Å². The summed E-state index contributed by atoms with van der Waals surface area (Å²) in [5.74, 6) is 2.31. The summed E-state index contributed by atoms with van der Waals surface area (Å²) in [5, 5.41) is 19.5. The molecular formula is C26H42O4. The van der Waals surface area contributed by atoms with Crippen LogP contribution in [0.4, 0.5) is 0 Å². The number of carbonyl (C=O) groups is 2. The Hall–Kier alpha value is -0.900. The van der Waals surface area contributed by atoms with Gasteiger partial charge in [0.25, 0.3) is 0 Å². The fourth-order valence-corrected chi connectivity index (χ4v) is 9.16. The van der Waals surface area contributed by atoms with E-state index in [9.17, 15) is 14.7 Å². The molecule has 30 heavy (non-hydrogen) atoms. The van der Waals surface area contributed by atoms with Gasteiger partial charge in [-0.25, -0.2) is 0 Å². The van der Waals surface area contributed by atoms with Gasteiger partial charge < -0.3 is 10.2 Å². The molecule has 2 N–H and O–H groups in total. The zero-order valence-corrected chi connectivity index (χ0v) is 19.4. The number of carboxylic acids is 1. The van der Waals surface area contributed by atoms with Crippen LogP contribution in [-0.4, -0.2) is 28.1 Å². The van der Waals surface area contributed by atoms with E-state index in [1.54, 1.807) is 0 Å². The zero-order chi connectivity index (χ0) is 21.8. The maximum Gasteiger partial charge on any atom is 0.303 e. The van der Waals surface area contributed by atoms with Gasteiger partial charge in [0.2, 0.25) is 0 Å². The fraction of sp³-hybridized carbons (Fsp3) is 0.923. The molecule has 4 fully saturated rings. The molecule has 0 spiro atoms. The Bertz CT molecular complexity index is 689. The molecule has 4 nitrogen and oxygen atoms in total. The molecular weight excluding hydrogens is 376 g/mol. The van der Waals surface area contributed by atoms with Crippen LogP contribution in [0.5, 0.6) is 0 Å². The number of Topliss-reactive ketones (excluding diaryl/α,β-unsaturated/α-hetero) is 1. The van der Waals surface area contributed by atoms with Crippen LogP contribution >= 0.6 is 0 Å². The van der Waals surface area contributed by atoms with E-state index in [0.29, 0.717) is 35.4 Å². The molecule has 0 aromatic heterocycles. The number of hydrogen-bond donors (Lipinski definition) is 2. The Labute approximate surface area is 182 Å². The van der Waals surface area contributed by atoms with Gasteiger partial charge in [-0.2, -0.15) is 0 Å². The Morgan fingerprint density at radius 2 is 1.73 bits per heavy atom. The number of ketones is 1. The monoisotopic (exact) mass is 418 g/mol. The summed E-state index contributed by atoms with van der Waals surface area (Å²) >= 11 is 0. The van der Waals surface area contributed by atoms with E-state index in [1.807, 2.05) is 0 Å². The van der Waals surface area contributed by atoms with Crippen molar-refractivity contribution in [2.75, 3.05) is 0 Å². The molecule has 0 radical (unpaired) electrons. The quantitative estimate of drug-likeness (QED) is 0.633. The van der Waals surface area contributed by atoms with E-state index < -0.39 is 5.97 Å². The molecule has 4 aliphatic carbocycles. The van der Waals surface area contributed by atoms with Crippen molar-refractivity contribution in [3.8, 4) is 0 Å². The Morgan fingerprint density at radius 3 is 2.40 bits per heavy atom. The third kappa shape index (κ3) is 3.27. The van der Waals surface area contributed by atoms with E-state index >= 15 is 0 Å². The Balaban J connectivity index is 1.62. The third-order valence-electron chi connectivity index (χ3n) is 10.7. The number of hydrogen-bond acceptors (Lipinski definition) is 3. The number of carbonyl (C=O) groups excluding carboxylic acids is 1. The third-order valence-corrected chi connectivity index (χ3v) is 10.7. The number of fused-ring (bicyclic) bond motifs is 5. The van der Waals surface area contributed by atoms with Crippen molar-refractivity contribution in [3.05, 3.63) is 0 Å². The lowest BCUT2D eigenvalue weighted by molar-refractivity contribution is -0.173. The predicted molar refractivity (Wildman–Crippen MR) is 117 cm³/mol. The highest BCUT2D eigenvalue weighted by Gasteiger charge is 2.65. The summed E-state index contributed by atoms with van der Waals surface area (Å²) < 4.78 is 0. The molecule has 4 saturated carbocycles. The molecule has 0 amide bonds. The number of aliphatic hydroxyl groups excluding tert-OH is 1. The van der Waals surface area contributed by atoms with Crippen LogP contribution in [0.2, 0.25) is 0 Å². The number of carboxylic acid groups (broad SMARTS) is 1. The molecule has 4 unspecified atom stereocenters. The van der Waals surface area contributed by atoms with Gasteiger partial charge in [0.15, 0.2) is 0 Å². The average molecular weight is 419 g/mol. The minimum atomic E-state index is -0.697. The van der Waals surface area contributed by atoms with Crippen molar-refractivity contribution in [2.24, 2.45) is 52.3 Å². The molecule has 4 aliphatic rings. The molecule has 0 aromatic rings. The van der Waals surface area contributed by atoms with Crippen LogP contribution in [-0.2, 0) is 9.59 Å². The van der Waals surface area contributed by atoms with Gasteiger partial charge in [-0.1, -0.05) is 27.7 Å². The predicted octanol–water partition coefficient (Wildman–Crippen LogP) is 5.32. The summed E-state index contributed by atoms with van der Waals surface area (Å²) in [4.78, 5) is 25.0. The van der Waals surface area contributed by atoms with Gasteiger partial charge in [-0.15, -0.1) is 0 Å². The van der Waals surface area contributed by atoms with E-state index in [2.05, 4.69) is 27.7 Å². The standard InChI is InChI=1S/C26H42O4/c1-5-17-21-14-16(27)10-12-26(21,4)20-11-13-25(3)18(15(2)6-9-22(28)29)7-8-19(25)23(20)24(17)30/h15-21,23,27H,5-14H2,1-4H3,(H,28,29)/t15-,16?,17-,18-,19?,20?,21+,23?,25-,26-/m1/s1. The largest absolute Gasteiger partial charge is 0.481 e. The Morgan fingerprint density at radius 1 is 1.07 bits per heavy atom. The van der Waals surface area contributed by atoms with Gasteiger partial charge >= 0.3 is 5.97 Å². The molecule has 0 heterocycles. The van der Waals surface area contributed by atoms with E-state index in [-0.39, 0.29) is 35.2 Å². The maximum atomic E-state index is 13.9. The van der Waals surface area contributed by atoms with Crippen LogP contribution < -0.4 is 0 Å². The lowest BCUT2D eigenvalue weighted by Crippen LogP contribution is -2.60. The first-order valence-corrected chi connectivity index (χ1v) is 12.6. The zero-order valence-electron chi connectivity index (χ0n) is 19.4. The summed E-state index contributed by atoms with van der Waals surface area (Å²) in [6.07, 6.45) is 9.01. The van der Waals surface area contributed by atoms with Gasteiger partial charge in [-0.05, 0) is 98.2 Å². The second-order valence-corrected chi connectivity index (χ2v) is 11.8. The first kappa shape index (κ1) is 22.3. The van der Waals surface area contributed by atoms with Crippen molar-refractivity contribution in [1.82, 2.24) is 0 Å². The number of aliphatic hydroxyl groups is 1. The molecule has 0 aromatic carbocycles. The van der Waals surface area contributed by atoms with Crippen LogP contribution in [0.1, 0.15) is 91.9 Å². The molecule has 4 heteroatoms. The van der Waals surface area contributed by atoms with Gasteiger partial charge in [0, 0.05) is 18.3 Å². The molecule has 4 rings (SSSR count). The fourth-order valence-electron chi connectivity index (χ4n) is 9.16. The summed E-state index contributed by atoms with van der Waals surface area (Å²) in [6, 6.07) is 0. The maximum absolute atomic E-state index is 13.9. The first-order chi connectivity index (χ1) is 14.1. The molecule has 0 bridgehead atoms. The van der Waals surface area contributed by atoms with Crippen molar-refractivity contribution in [2.45, 2.75) is 98.0 Å². The van der Waals surface area contributed by atoms with E-state index in [4.69, 9.17) is 5.11 Å². The molecule has 10 atom stereocenters. The van der Waals surface area contributed by atoms with Crippen molar-refractivity contribution < 1.29 is 19.8 Å². The molecule has 0 saturated heterocycles. The highest BCUT2D eigenvalue weighted by Crippen LogP contribution is 2.68. The normalized spacial score (nSPS) is 49.1. The van der Waals surface area contributed by atoms with Gasteiger partial charge in [0.1, 0.15) is 5.78 Å². The second kappa shape index (κ2) is 7.90. The SMILES string of the molecule is CC[C@H]1C(=O)C2C3CC[C@H]([C@H](C)CCC(=O)O)[C@@]3(C)CCC2[C@@]2(C)CCC(O)C[C@@H]12. The topological polar surface area (TPSA) is 74.6 Å². The second-order valence-electron chi connectivity index (χ2n) is 11.8. The lowest BCUT2D eigenvalue weighted by Gasteiger charge is -2.62. The van der Waals surface area contributed by atoms with E-state index in [0.717, 1.165) is 51.4 Å². The van der Waals surface area contributed by atoms with Crippen molar-refractivity contribution in [3.63, 3.8) is 0 Å². The Kier molecular flexibility index (Phi) is 5.87. The first-order valence-electron chi connectivity index (χ1n) is 12.6. The summed E-state index contributed by atoms with van der Waals surface area (Å²) in [5.41, 5.74) is 0.358. The average Bonchev–Trinajstić information content (AvgIpc) is 3.05. The highest BCUT2D eigenvalue weighted by molar-refractivity contribution is 5.86.